The first-order valence-electron chi connectivity index (χ1n) is 7.35. The Morgan fingerprint density at radius 2 is 0.864 bits per heavy atom. The average Bonchev–Trinajstić information content (AvgIpc) is 3.16. The van der Waals surface area contributed by atoms with Gasteiger partial charge in [-0.25, -0.2) is 0 Å². The van der Waals surface area contributed by atoms with Gasteiger partial charge >= 0.3 is 0 Å². The third-order valence-corrected chi connectivity index (χ3v) is 4.03. The Bertz CT molecular complexity index is 794. The van der Waals surface area contributed by atoms with Crippen LogP contribution in [0, 0.1) is 0 Å². The third-order valence-electron chi connectivity index (χ3n) is 4.03. The second-order valence-corrected chi connectivity index (χ2v) is 5.50. The van der Waals surface area contributed by atoms with Gasteiger partial charge in [-0.2, -0.15) is 30.0 Å². The number of aromatic nitrogens is 6. The second-order valence-electron chi connectivity index (χ2n) is 5.50. The third kappa shape index (κ3) is 2.04. The fourth-order valence-electron chi connectivity index (χ4n) is 2.50. The fourth-order valence-corrected chi connectivity index (χ4v) is 2.50. The van der Waals surface area contributed by atoms with Gasteiger partial charge < -0.3 is 0 Å². The van der Waals surface area contributed by atoms with E-state index in [-0.39, 0.29) is 12.1 Å². The van der Waals surface area contributed by atoms with E-state index in [1.165, 1.54) is 0 Å². The Morgan fingerprint density at radius 3 is 1.14 bits per heavy atom. The largest absolute Gasteiger partial charge is 0.179 e. The number of nitrogens with zero attached hydrogens (tertiary/aromatic N) is 6. The van der Waals surface area contributed by atoms with Crippen LogP contribution in [0.4, 0.5) is 0 Å². The van der Waals surface area contributed by atoms with Crippen LogP contribution in [0.25, 0.3) is 22.1 Å². The lowest BCUT2D eigenvalue weighted by Crippen LogP contribution is -2.22. The van der Waals surface area contributed by atoms with Crippen molar-refractivity contribution < 1.29 is 0 Å². The van der Waals surface area contributed by atoms with Crippen molar-refractivity contribution in [3.8, 4) is 0 Å². The first-order valence-corrected chi connectivity index (χ1v) is 7.35. The lowest BCUT2D eigenvalue weighted by atomic mass is 10.2. The van der Waals surface area contributed by atoms with E-state index in [1.54, 1.807) is 9.59 Å². The number of benzene rings is 2. The summed E-state index contributed by atoms with van der Waals surface area (Å²) in [5, 5.41) is 18.2. The molecule has 6 nitrogen and oxygen atoms in total. The highest BCUT2D eigenvalue weighted by atomic mass is 15.5. The van der Waals surface area contributed by atoms with Crippen LogP contribution in [-0.4, -0.2) is 30.0 Å². The molecular weight excluding hydrogens is 276 g/mol. The molecule has 0 saturated carbocycles. The maximum Gasteiger partial charge on any atom is 0.113 e. The Labute approximate surface area is 127 Å². The first-order chi connectivity index (χ1) is 10.7. The zero-order chi connectivity index (χ0) is 15.1. The zero-order valence-corrected chi connectivity index (χ0v) is 12.5. The molecule has 0 saturated heterocycles. The molecule has 0 radical (unpaired) electrons. The molecule has 2 atom stereocenters. The van der Waals surface area contributed by atoms with E-state index in [0.29, 0.717) is 0 Å². The molecular formula is C16H16N6. The molecule has 0 aliphatic rings. The van der Waals surface area contributed by atoms with E-state index < -0.39 is 0 Å². The van der Waals surface area contributed by atoms with Crippen LogP contribution in [0.2, 0.25) is 0 Å². The van der Waals surface area contributed by atoms with Crippen LogP contribution >= 0.6 is 0 Å². The van der Waals surface area contributed by atoms with E-state index in [4.69, 9.17) is 0 Å². The molecule has 110 valence electrons. The molecule has 0 fully saturated rings. The van der Waals surface area contributed by atoms with Crippen molar-refractivity contribution in [2.24, 2.45) is 0 Å². The molecule has 0 aliphatic heterocycles. The summed E-state index contributed by atoms with van der Waals surface area (Å²) in [6, 6.07) is 15.9. The molecule has 0 aliphatic carbocycles. The highest BCUT2D eigenvalue weighted by Crippen LogP contribution is 2.22. The van der Waals surface area contributed by atoms with Gasteiger partial charge in [0.1, 0.15) is 22.1 Å². The van der Waals surface area contributed by atoms with E-state index in [9.17, 15) is 0 Å². The van der Waals surface area contributed by atoms with Crippen LogP contribution in [-0.2, 0) is 0 Å². The summed E-state index contributed by atoms with van der Waals surface area (Å²) in [5.41, 5.74) is 3.61. The van der Waals surface area contributed by atoms with Crippen molar-refractivity contribution >= 4 is 22.1 Å². The number of hydrogen-bond acceptors (Lipinski definition) is 4. The molecule has 0 N–H and O–H groups in total. The van der Waals surface area contributed by atoms with Gasteiger partial charge in [-0.15, -0.1) is 0 Å². The summed E-state index contributed by atoms with van der Waals surface area (Å²) < 4.78 is 0. The molecule has 22 heavy (non-hydrogen) atoms. The lowest BCUT2D eigenvalue weighted by molar-refractivity contribution is 0.281. The van der Waals surface area contributed by atoms with E-state index in [0.717, 1.165) is 22.1 Å². The van der Waals surface area contributed by atoms with Gasteiger partial charge in [0.25, 0.3) is 0 Å². The zero-order valence-electron chi connectivity index (χ0n) is 12.5. The highest BCUT2D eigenvalue weighted by molar-refractivity contribution is 5.73. The van der Waals surface area contributed by atoms with Crippen molar-refractivity contribution in [3.05, 3.63) is 48.5 Å². The maximum absolute atomic E-state index is 4.55. The van der Waals surface area contributed by atoms with Gasteiger partial charge in [-0.1, -0.05) is 24.3 Å². The maximum atomic E-state index is 4.55. The monoisotopic (exact) mass is 292 g/mol. The minimum atomic E-state index is 0.0502. The van der Waals surface area contributed by atoms with E-state index in [2.05, 4.69) is 34.2 Å². The smallest absolute Gasteiger partial charge is 0.113 e. The topological polar surface area (TPSA) is 61.4 Å². The standard InChI is InChI=1S/C16H16N6/c1-11(21-17-13-7-3-4-8-14(13)18-21)12(2)22-19-15-9-5-6-10-16(15)20-22/h3-12H,1-2H3/t11-,12-/m0/s1. The van der Waals surface area contributed by atoms with Crippen molar-refractivity contribution in [1.29, 1.82) is 0 Å². The summed E-state index contributed by atoms with van der Waals surface area (Å²) in [6.45, 7) is 4.16. The molecule has 0 bridgehead atoms. The van der Waals surface area contributed by atoms with Crippen molar-refractivity contribution in [3.63, 3.8) is 0 Å². The molecule has 4 aromatic rings. The molecule has 0 spiro atoms. The molecule has 2 aromatic carbocycles. The average molecular weight is 292 g/mol. The van der Waals surface area contributed by atoms with Crippen LogP contribution in [0.1, 0.15) is 25.9 Å². The second kappa shape index (κ2) is 4.91. The summed E-state index contributed by atoms with van der Waals surface area (Å²) in [4.78, 5) is 3.51. The van der Waals surface area contributed by atoms with Gasteiger partial charge in [0, 0.05) is 0 Å². The summed E-state index contributed by atoms with van der Waals surface area (Å²) >= 11 is 0. The van der Waals surface area contributed by atoms with E-state index >= 15 is 0 Å². The number of rotatable bonds is 3. The van der Waals surface area contributed by atoms with Gasteiger partial charge in [-0.3, -0.25) is 0 Å². The Hall–Kier alpha value is -2.76. The van der Waals surface area contributed by atoms with Crippen molar-refractivity contribution in [2.75, 3.05) is 0 Å². The molecule has 2 aromatic heterocycles. The summed E-state index contributed by atoms with van der Waals surface area (Å²) in [7, 11) is 0. The lowest BCUT2D eigenvalue weighted by Gasteiger charge is -2.17. The van der Waals surface area contributed by atoms with Gasteiger partial charge in [0.15, 0.2) is 0 Å². The van der Waals surface area contributed by atoms with Crippen LogP contribution in [0.15, 0.2) is 48.5 Å². The van der Waals surface area contributed by atoms with Crippen molar-refractivity contribution in [2.45, 2.75) is 25.9 Å². The molecule has 6 heteroatoms. The molecule has 0 amide bonds. The van der Waals surface area contributed by atoms with E-state index in [1.807, 2.05) is 48.5 Å². The quantitative estimate of drug-likeness (QED) is 0.582. The fraction of sp³-hybridized carbons (Fsp3) is 0.250. The van der Waals surface area contributed by atoms with Crippen LogP contribution in [0.5, 0.6) is 0 Å². The normalized spacial score (nSPS) is 14.5. The van der Waals surface area contributed by atoms with Gasteiger partial charge in [0.2, 0.25) is 0 Å². The van der Waals surface area contributed by atoms with Crippen molar-refractivity contribution in [1.82, 2.24) is 30.0 Å². The van der Waals surface area contributed by atoms with Gasteiger partial charge in [-0.05, 0) is 38.1 Å². The minimum Gasteiger partial charge on any atom is -0.179 e. The molecule has 0 unspecified atom stereocenters. The Kier molecular flexibility index (Phi) is 2.89. The minimum absolute atomic E-state index is 0.0502. The Morgan fingerprint density at radius 1 is 0.591 bits per heavy atom. The summed E-state index contributed by atoms with van der Waals surface area (Å²) in [6.07, 6.45) is 0. The van der Waals surface area contributed by atoms with Crippen LogP contribution < -0.4 is 0 Å². The SMILES string of the molecule is C[C@@H]([C@H](C)n1nc2ccccc2n1)n1nc2ccccc2n1. The molecule has 4 rings (SSSR count). The first kappa shape index (κ1) is 12.9. The highest BCUT2D eigenvalue weighted by Gasteiger charge is 2.20. The molecule has 2 heterocycles. The van der Waals surface area contributed by atoms with Crippen LogP contribution in [0.3, 0.4) is 0 Å². The van der Waals surface area contributed by atoms with Gasteiger partial charge in [0.05, 0.1) is 12.1 Å². The number of fused-ring (bicyclic) bond motifs is 2. The predicted octanol–water partition coefficient (Wildman–Crippen LogP) is 3.00. The summed E-state index contributed by atoms with van der Waals surface area (Å²) in [5.74, 6) is 0. The predicted molar refractivity (Wildman–Crippen MR) is 84.5 cm³/mol. The number of hydrogen-bond donors (Lipinski definition) is 0. The Balaban J connectivity index is 1.70.